The molecule has 32 heavy (non-hydrogen) atoms. The molecule has 0 saturated heterocycles. The molecule has 0 aliphatic carbocycles. The molecule has 3 aromatic rings. The number of hydrogen-bond acceptors (Lipinski definition) is 8. The summed E-state index contributed by atoms with van der Waals surface area (Å²) in [6, 6.07) is 9.65. The van der Waals surface area contributed by atoms with Crippen LogP contribution < -0.4 is 10.9 Å². The highest BCUT2D eigenvalue weighted by atomic mass is 16.6. The van der Waals surface area contributed by atoms with Gasteiger partial charge in [-0.1, -0.05) is 37.3 Å². The van der Waals surface area contributed by atoms with Crippen molar-refractivity contribution < 1.29 is 23.8 Å². The summed E-state index contributed by atoms with van der Waals surface area (Å²) in [5, 5.41) is 2.44. The number of fused-ring (bicyclic) bond motifs is 1. The lowest BCUT2D eigenvalue weighted by Gasteiger charge is -2.18. The van der Waals surface area contributed by atoms with Crippen molar-refractivity contribution in [2.24, 2.45) is 0 Å². The van der Waals surface area contributed by atoms with E-state index in [2.05, 4.69) is 20.3 Å². The second kappa shape index (κ2) is 11.2. The Balaban J connectivity index is 1.67. The van der Waals surface area contributed by atoms with Crippen LogP contribution in [0.1, 0.15) is 25.8 Å². The van der Waals surface area contributed by atoms with Gasteiger partial charge in [-0.25, -0.2) is 4.98 Å². The predicted molar refractivity (Wildman–Crippen MR) is 115 cm³/mol. The summed E-state index contributed by atoms with van der Waals surface area (Å²) < 4.78 is 18.3. The van der Waals surface area contributed by atoms with Crippen molar-refractivity contribution >= 4 is 29.0 Å². The lowest BCUT2D eigenvalue weighted by atomic mass is 10.2. The Hall–Kier alpha value is -3.57. The summed E-state index contributed by atoms with van der Waals surface area (Å²) >= 11 is 0. The molecule has 170 valence electrons. The predicted octanol–water partition coefficient (Wildman–Crippen LogP) is 1.59. The number of rotatable bonds is 11. The fraction of sp³-hybridized carbons (Fsp3) is 0.381. The topological polar surface area (TPSA) is 137 Å². The van der Waals surface area contributed by atoms with Gasteiger partial charge in [0.05, 0.1) is 19.5 Å². The molecule has 0 aliphatic rings. The lowest BCUT2D eigenvalue weighted by molar-refractivity contribution is -0.151. The van der Waals surface area contributed by atoms with Crippen LogP contribution in [-0.4, -0.2) is 50.7 Å². The van der Waals surface area contributed by atoms with Crippen molar-refractivity contribution in [2.75, 3.05) is 18.5 Å². The van der Waals surface area contributed by atoms with Gasteiger partial charge in [-0.3, -0.25) is 29.3 Å². The van der Waals surface area contributed by atoms with Crippen LogP contribution in [0.15, 0.2) is 41.5 Å². The molecule has 0 fully saturated rings. The molecule has 0 radical (unpaired) electrons. The maximum atomic E-state index is 12.2. The molecule has 0 saturated carbocycles. The Bertz CT molecular complexity index is 1110. The Morgan fingerprint density at radius 2 is 2.00 bits per heavy atom. The van der Waals surface area contributed by atoms with Crippen molar-refractivity contribution in [3.05, 3.63) is 52.6 Å². The number of carbonyl (C=O) groups is 2. The zero-order chi connectivity index (χ0) is 22.9. The molecular formula is C21H25N5O6. The molecule has 3 rings (SSSR count). The van der Waals surface area contributed by atoms with Crippen molar-refractivity contribution in [3.63, 3.8) is 0 Å². The second-order valence-corrected chi connectivity index (χ2v) is 6.94. The van der Waals surface area contributed by atoms with Gasteiger partial charge in [0.25, 0.3) is 5.56 Å². The number of benzene rings is 1. The Labute approximate surface area is 183 Å². The summed E-state index contributed by atoms with van der Waals surface area (Å²) in [6.45, 7) is 3.58. The first-order valence-electron chi connectivity index (χ1n) is 10.1. The average molecular weight is 443 g/mol. The summed E-state index contributed by atoms with van der Waals surface area (Å²) in [4.78, 5) is 45.7. The van der Waals surface area contributed by atoms with E-state index in [0.717, 1.165) is 5.56 Å². The third kappa shape index (κ3) is 6.46. The molecule has 11 heteroatoms. The number of nitrogens with one attached hydrogen (secondary N) is 2. The molecule has 1 amide bonds. The number of anilines is 1. The van der Waals surface area contributed by atoms with E-state index < -0.39 is 11.7 Å². The Kier molecular flexibility index (Phi) is 8.06. The summed E-state index contributed by atoms with van der Waals surface area (Å²) in [5.74, 6) is -0.706. The third-order valence-electron chi connectivity index (χ3n) is 4.35. The van der Waals surface area contributed by atoms with Crippen LogP contribution in [0, 0.1) is 0 Å². The monoisotopic (exact) mass is 443 g/mol. The van der Waals surface area contributed by atoms with Crippen molar-refractivity contribution in [2.45, 2.75) is 39.7 Å². The summed E-state index contributed by atoms with van der Waals surface area (Å²) in [6.07, 6.45) is 1.11. The quantitative estimate of drug-likeness (QED) is 0.426. The molecule has 1 unspecified atom stereocenters. The fourth-order valence-electron chi connectivity index (χ4n) is 2.77. The number of hydrogen-bond donors (Lipinski definition) is 2. The van der Waals surface area contributed by atoms with Crippen LogP contribution in [0.5, 0.6) is 0 Å². The first-order chi connectivity index (χ1) is 15.5. The van der Waals surface area contributed by atoms with Gasteiger partial charge in [0, 0.05) is 13.3 Å². The van der Waals surface area contributed by atoms with Crippen LogP contribution >= 0.6 is 0 Å². The van der Waals surface area contributed by atoms with Crippen molar-refractivity contribution in [3.8, 4) is 0 Å². The van der Waals surface area contributed by atoms with E-state index >= 15 is 0 Å². The highest BCUT2D eigenvalue weighted by Crippen LogP contribution is 2.10. The highest BCUT2D eigenvalue weighted by Gasteiger charge is 2.16. The molecule has 2 aromatic heterocycles. The number of ether oxygens (including phenoxy) is 3. The third-order valence-corrected chi connectivity index (χ3v) is 4.35. The molecule has 2 N–H and O–H groups in total. The Morgan fingerprint density at radius 3 is 2.72 bits per heavy atom. The average Bonchev–Trinajstić information content (AvgIpc) is 3.18. The minimum Gasteiger partial charge on any atom is -0.463 e. The van der Waals surface area contributed by atoms with Gasteiger partial charge >= 0.3 is 5.97 Å². The number of imidazole rings is 1. The van der Waals surface area contributed by atoms with Crippen molar-refractivity contribution in [1.29, 1.82) is 0 Å². The van der Waals surface area contributed by atoms with E-state index in [9.17, 15) is 14.4 Å². The molecule has 1 atom stereocenters. The van der Waals surface area contributed by atoms with Crippen LogP contribution in [0.3, 0.4) is 0 Å². The first kappa shape index (κ1) is 23.1. The lowest BCUT2D eigenvalue weighted by Crippen LogP contribution is -2.28. The standard InChI is InChI=1S/C21H25N5O6/c1-3-17(28)31-11-16(10-30-9-15-7-5-4-6-8-15)32-13-26-12-22-18-19(26)24-21(23-14(2)27)25-20(18)29/h4-8,12,16H,3,9-11,13H2,1-2H3,(H2,23,24,25,27,29). The molecule has 0 spiro atoms. The normalized spacial score (nSPS) is 11.9. The largest absolute Gasteiger partial charge is 0.463 e. The maximum absolute atomic E-state index is 12.2. The number of aromatic nitrogens is 4. The van der Waals surface area contributed by atoms with Gasteiger partial charge in [0.2, 0.25) is 11.9 Å². The minimum atomic E-state index is -0.552. The van der Waals surface area contributed by atoms with Gasteiger partial charge in [-0.05, 0) is 5.56 Å². The van der Waals surface area contributed by atoms with Crippen LogP contribution in [0.25, 0.3) is 11.2 Å². The van der Waals surface area contributed by atoms with E-state index in [4.69, 9.17) is 14.2 Å². The smallest absolute Gasteiger partial charge is 0.305 e. The van der Waals surface area contributed by atoms with Crippen LogP contribution in [0.4, 0.5) is 5.95 Å². The van der Waals surface area contributed by atoms with E-state index in [1.54, 1.807) is 6.92 Å². The van der Waals surface area contributed by atoms with Crippen LogP contribution in [0.2, 0.25) is 0 Å². The van der Waals surface area contributed by atoms with E-state index in [1.165, 1.54) is 17.8 Å². The number of nitrogens with zero attached hydrogens (tertiary/aromatic N) is 3. The SMILES string of the molecule is CCC(=O)OCC(COCc1ccccc1)OCn1cnc2c(=O)[nH]c(NC(C)=O)nc21. The molecular weight excluding hydrogens is 418 g/mol. The number of aromatic amines is 1. The van der Waals surface area contributed by atoms with Gasteiger partial charge in [-0.15, -0.1) is 0 Å². The van der Waals surface area contributed by atoms with E-state index in [-0.39, 0.29) is 55.4 Å². The van der Waals surface area contributed by atoms with Crippen LogP contribution in [-0.2, 0) is 37.1 Å². The summed E-state index contributed by atoms with van der Waals surface area (Å²) in [7, 11) is 0. The van der Waals surface area contributed by atoms with Gasteiger partial charge in [0.15, 0.2) is 11.2 Å². The molecule has 0 aliphatic heterocycles. The van der Waals surface area contributed by atoms with Gasteiger partial charge < -0.3 is 14.2 Å². The molecule has 1 aromatic carbocycles. The molecule has 11 nitrogen and oxygen atoms in total. The number of amides is 1. The minimum absolute atomic E-state index is 0.0105. The zero-order valence-electron chi connectivity index (χ0n) is 17.9. The fourth-order valence-corrected chi connectivity index (χ4v) is 2.77. The number of H-pyrrole nitrogens is 1. The molecule has 0 bridgehead atoms. The first-order valence-corrected chi connectivity index (χ1v) is 10.1. The molecule has 2 heterocycles. The van der Waals surface area contributed by atoms with E-state index in [0.29, 0.717) is 6.61 Å². The van der Waals surface area contributed by atoms with Gasteiger partial charge in [-0.2, -0.15) is 4.98 Å². The zero-order valence-corrected chi connectivity index (χ0v) is 17.9. The number of carbonyl (C=O) groups excluding carboxylic acids is 2. The number of esters is 1. The second-order valence-electron chi connectivity index (χ2n) is 6.94. The highest BCUT2D eigenvalue weighted by molar-refractivity contribution is 5.87. The Morgan fingerprint density at radius 1 is 1.22 bits per heavy atom. The van der Waals surface area contributed by atoms with Crippen molar-refractivity contribution in [1.82, 2.24) is 19.5 Å². The van der Waals surface area contributed by atoms with Gasteiger partial charge in [0.1, 0.15) is 19.4 Å². The maximum Gasteiger partial charge on any atom is 0.305 e. The van der Waals surface area contributed by atoms with E-state index in [1.807, 2.05) is 30.3 Å². The summed E-state index contributed by atoms with van der Waals surface area (Å²) in [5.41, 5.74) is 0.868.